The summed E-state index contributed by atoms with van der Waals surface area (Å²) >= 11 is 0. The molecule has 2 rings (SSSR count). The average molecular weight is 280 g/mol. The van der Waals surface area contributed by atoms with Gasteiger partial charge in [0.2, 0.25) is 0 Å². The van der Waals surface area contributed by atoms with Crippen molar-refractivity contribution in [1.29, 1.82) is 0 Å². The van der Waals surface area contributed by atoms with Crippen molar-refractivity contribution < 1.29 is 8.42 Å². The van der Waals surface area contributed by atoms with Crippen LogP contribution >= 0.6 is 0 Å². The number of nitrogens with one attached hydrogen (secondary N) is 1. The van der Waals surface area contributed by atoms with Crippen molar-refractivity contribution in [1.82, 2.24) is 9.78 Å². The fourth-order valence-corrected chi connectivity index (χ4v) is 2.91. The fraction of sp³-hybridized carbons (Fsp3) is 0.250. The monoisotopic (exact) mass is 280 g/mol. The number of sulfonamides is 1. The SMILES string of the molecule is CCc1cccc(NS(=O)(=O)c2cn(C)nc2N)c1. The van der Waals surface area contributed by atoms with E-state index in [0.29, 0.717) is 5.69 Å². The lowest BCUT2D eigenvalue weighted by Crippen LogP contribution is -2.14. The van der Waals surface area contributed by atoms with Gasteiger partial charge in [-0.1, -0.05) is 19.1 Å². The number of benzene rings is 1. The number of rotatable bonds is 4. The maximum Gasteiger partial charge on any atom is 0.267 e. The molecule has 0 amide bonds. The number of hydrogen-bond donors (Lipinski definition) is 2. The van der Waals surface area contributed by atoms with Crippen molar-refractivity contribution in [3.8, 4) is 0 Å². The largest absolute Gasteiger partial charge is 0.381 e. The third-order valence-electron chi connectivity index (χ3n) is 2.70. The molecule has 7 heteroatoms. The first-order chi connectivity index (χ1) is 8.92. The van der Waals surface area contributed by atoms with Crippen LogP contribution in [0.5, 0.6) is 0 Å². The summed E-state index contributed by atoms with van der Waals surface area (Å²) in [6, 6.07) is 7.24. The second-order valence-electron chi connectivity index (χ2n) is 4.21. The quantitative estimate of drug-likeness (QED) is 0.885. The van der Waals surface area contributed by atoms with Crippen molar-refractivity contribution in [2.24, 2.45) is 7.05 Å². The normalized spacial score (nSPS) is 11.5. The third-order valence-corrected chi connectivity index (χ3v) is 4.10. The Morgan fingerprint density at radius 1 is 1.42 bits per heavy atom. The van der Waals surface area contributed by atoms with E-state index in [1.165, 1.54) is 10.9 Å². The molecule has 6 nitrogen and oxygen atoms in total. The Bertz CT molecular complexity index is 692. The Hall–Kier alpha value is -2.02. The molecule has 0 saturated carbocycles. The van der Waals surface area contributed by atoms with Gasteiger partial charge in [0.15, 0.2) is 5.82 Å². The summed E-state index contributed by atoms with van der Waals surface area (Å²) in [7, 11) is -2.09. The smallest absolute Gasteiger partial charge is 0.267 e. The number of anilines is 2. The maximum atomic E-state index is 12.2. The molecule has 0 aliphatic heterocycles. The van der Waals surface area contributed by atoms with Gasteiger partial charge in [0.25, 0.3) is 10.0 Å². The van der Waals surface area contributed by atoms with Crippen LogP contribution in [-0.4, -0.2) is 18.2 Å². The minimum atomic E-state index is -3.71. The number of hydrogen-bond acceptors (Lipinski definition) is 4. The number of aromatic nitrogens is 2. The predicted molar refractivity (Wildman–Crippen MR) is 74.2 cm³/mol. The molecule has 0 fully saturated rings. The van der Waals surface area contributed by atoms with Crippen molar-refractivity contribution in [3.05, 3.63) is 36.0 Å². The molecule has 0 unspecified atom stereocenters. The second kappa shape index (κ2) is 4.93. The van der Waals surface area contributed by atoms with Crippen LogP contribution < -0.4 is 10.5 Å². The minimum absolute atomic E-state index is 0.0124. The Morgan fingerprint density at radius 2 is 2.16 bits per heavy atom. The molecule has 2 aromatic rings. The van der Waals surface area contributed by atoms with E-state index in [9.17, 15) is 8.42 Å². The first-order valence-corrected chi connectivity index (χ1v) is 7.31. The fourth-order valence-electron chi connectivity index (χ4n) is 1.76. The van der Waals surface area contributed by atoms with Crippen LogP contribution in [-0.2, 0) is 23.5 Å². The van der Waals surface area contributed by atoms with E-state index >= 15 is 0 Å². The number of nitrogen functional groups attached to an aromatic ring is 1. The summed E-state index contributed by atoms with van der Waals surface area (Å²) < 4.78 is 28.3. The minimum Gasteiger partial charge on any atom is -0.381 e. The highest BCUT2D eigenvalue weighted by atomic mass is 32.2. The number of nitrogens with two attached hydrogens (primary N) is 1. The van der Waals surface area contributed by atoms with Crippen molar-refractivity contribution >= 4 is 21.5 Å². The maximum absolute atomic E-state index is 12.2. The zero-order valence-corrected chi connectivity index (χ0v) is 11.6. The number of nitrogens with zero attached hydrogens (tertiary/aromatic N) is 2. The summed E-state index contributed by atoms with van der Waals surface area (Å²) in [5.74, 6) is -0.0124. The lowest BCUT2D eigenvalue weighted by Gasteiger charge is -2.08. The number of aryl methyl sites for hydroxylation is 2. The highest BCUT2D eigenvalue weighted by molar-refractivity contribution is 7.92. The summed E-state index contributed by atoms with van der Waals surface area (Å²) in [5.41, 5.74) is 7.16. The molecule has 3 N–H and O–H groups in total. The molecule has 1 heterocycles. The molecule has 0 bridgehead atoms. The van der Waals surface area contributed by atoms with Crippen molar-refractivity contribution in [3.63, 3.8) is 0 Å². The lowest BCUT2D eigenvalue weighted by atomic mass is 10.1. The molecule has 1 aromatic heterocycles. The van der Waals surface area contributed by atoms with E-state index in [0.717, 1.165) is 12.0 Å². The molecule has 1 aromatic carbocycles. The molecule has 19 heavy (non-hydrogen) atoms. The van der Waals surface area contributed by atoms with Crippen LogP contribution in [0.2, 0.25) is 0 Å². The van der Waals surface area contributed by atoms with Crippen LogP contribution in [0.15, 0.2) is 35.4 Å². The van der Waals surface area contributed by atoms with E-state index in [4.69, 9.17) is 5.73 Å². The molecule has 102 valence electrons. The zero-order valence-electron chi connectivity index (χ0n) is 10.8. The van der Waals surface area contributed by atoms with E-state index in [2.05, 4.69) is 9.82 Å². The molecular weight excluding hydrogens is 264 g/mol. The van der Waals surface area contributed by atoms with Gasteiger partial charge in [-0.15, -0.1) is 0 Å². The summed E-state index contributed by atoms with van der Waals surface area (Å²) in [6.07, 6.45) is 2.21. The molecule has 0 aliphatic carbocycles. The third kappa shape index (κ3) is 2.87. The Morgan fingerprint density at radius 3 is 2.74 bits per heavy atom. The Kier molecular flexibility index (Phi) is 3.48. The van der Waals surface area contributed by atoms with Crippen LogP contribution in [0.25, 0.3) is 0 Å². The second-order valence-corrected chi connectivity index (χ2v) is 5.86. The lowest BCUT2D eigenvalue weighted by molar-refractivity contribution is 0.601. The standard InChI is InChI=1S/C12H16N4O2S/c1-3-9-5-4-6-10(7-9)15-19(17,18)11-8-16(2)14-12(11)13/h4-8,15H,3H2,1-2H3,(H2,13,14). The van der Waals surface area contributed by atoms with E-state index in [1.54, 1.807) is 19.2 Å². The highest BCUT2D eigenvalue weighted by Gasteiger charge is 2.20. The van der Waals surface area contributed by atoms with Crippen LogP contribution in [0, 0.1) is 0 Å². The van der Waals surface area contributed by atoms with Crippen LogP contribution in [0.1, 0.15) is 12.5 Å². The summed E-state index contributed by atoms with van der Waals surface area (Å²) in [4.78, 5) is -0.0168. The molecule has 0 spiro atoms. The Labute approximate surface area is 112 Å². The predicted octanol–water partition coefficient (Wildman–Crippen LogP) is 1.37. The molecular formula is C12H16N4O2S. The van der Waals surface area contributed by atoms with Gasteiger partial charge in [0.05, 0.1) is 0 Å². The van der Waals surface area contributed by atoms with Crippen LogP contribution in [0.3, 0.4) is 0 Å². The Balaban J connectivity index is 2.33. The van der Waals surface area contributed by atoms with E-state index < -0.39 is 10.0 Å². The van der Waals surface area contributed by atoms with Gasteiger partial charge in [-0.2, -0.15) is 5.10 Å². The van der Waals surface area contributed by atoms with Gasteiger partial charge < -0.3 is 5.73 Å². The van der Waals surface area contributed by atoms with E-state index in [1.807, 2.05) is 19.1 Å². The van der Waals surface area contributed by atoms with Crippen molar-refractivity contribution in [2.45, 2.75) is 18.2 Å². The average Bonchev–Trinajstić information content (AvgIpc) is 2.69. The van der Waals surface area contributed by atoms with Gasteiger partial charge in [-0.3, -0.25) is 9.40 Å². The van der Waals surface area contributed by atoms with Gasteiger partial charge in [0, 0.05) is 18.9 Å². The van der Waals surface area contributed by atoms with Gasteiger partial charge in [-0.25, -0.2) is 8.42 Å². The molecule has 0 saturated heterocycles. The zero-order chi connectivity index (χ0) is 14.0. The first-order valence-electron chi connectivity index (χ1n) is 5.83. The first kappa shape index (κ1) is 13.4. The van der Waals surface area contributed by atoms with E-state index in [-0.39, 0.29) is 10.7 Å². The van der Waals surface area contributed by atoms with Crippen LogP contribution in [0.4, 0.5) is 11.5 Å². The summed E-state index contributed by atoms with van der Waals surface area (Å²) in [5, 5.41) is 3.83. The van der Waals surface area contributed by atoms with Crippen molar-refractivity contribution in [2.75, 3.05) is 10.5 Å². The van der Waals surface area contributed by atoms with Gasteiger partial charge in [0.1, 0.15) is 4.90 Å². The molecule has 0 atom stereocenters. The molecule has 0 aliphatic rings. The van der Waals surface area contributed by atoms with Gasteiger partial charge in [-0.05, 0) is 24.1 Å². The van der Waals surface area contributed by atoms with Gasteiger partial charge >= 0.3 is 0 Å². The summed E-state index contributed by atoms with van der Waals surface area (Å²) in [6.45, 7) is 2.01. The topological polar surface area (TPSA) is 90.0 Å². The highest BCUT2D eigenvalue weighted by Crippen LogP contribution is 2.20. The molecule has 0 radical (unpaired) electrons.